The molecule has 2 atom stereocenters. The normalized spacial score (nSPS) is 12.4. The number of hydrogen-bond donors (Lipinski definition) is 5. The summed E-state index contributed by atoms with van der Waals surface area (Å²) in [6.07, 6.45) is -1.23. The number of fused-ring (bicyclic) bond motifs is 4. The first kappa shape index (κ1) is 69.6. The third-order valence-corrected chi connectivity index (χ3v) is 13.4. The Hall–Kier alpha value is -8.45. The van der Waals surface area contributed by atoms with Gasteiger partial charge < -0.3 is 35.6 Å². The summed E-state index contributed by atoms with van der Waals surface area (Å²) in [4.78, 5) is 52.5. The Bertz CT molecular complexity index is 4050. The molecule has 89 heavy (non-hydrogen) atoms. The summed E-state index contributed by atoms with van der Waals surface area (Å²) in [6.45, 7) is 18.3. The van der Waals surface area contributed by atoms with Crippen LogP contribution in [0.5, 0.6) is 11.5 Å². The highest BCUT2D eigenvalue weighted by atomic mass is 35.5. The number of alkyl halides is 6. The maximum atomic E-state index is 14.7. The van der Waals surface area contributed by atoms with Crippen molar-refractivity contribution in [3.05, 3.63) is 183 Å². The highest BCUT2D eigenvalue weighted by Crippen LogP contribution is 2.31. The van der Waals surface area contributed by atoms with E-state index >= 15 is 0 Å². The number of aromatic amines is 2. The van der Waals surface area contributed by atoms with E-state index in [1.807, 2.05) is 25.3 Å². The number of ether oxygens (including phenoxy) is 2. The van der Waals surface area contributed by atoms with Gasteiger partial charge in [0.15, 0.2) is 13.2 Å². The van der Waals surface area contributed by atoms with E-state index in [2.05, 4.69) is 74.7 Å². The smallest absolute Gasteiger partial charge is 0.422 e. The molecule has 0 unspecified atom stereocenters. The summed E-state index contributed by atoms with van der Waals surface area (Å²) in [5.74, 6) is -1.23. The van der Waals surface area contributed by atoms with Crippen molar-refractivity contribution in [3.8, 4) is 22.9 Å². The molecular formula is C64H72ClF8N11O5. The molecule has 16 nitrogen and oxygen atoms in total. The van der Waals surface area contributed by atoms with Crippen molar-refractivity contribution in [2.75, 3.05) is 25.1 Å². The molecule has 0 aliphatic heterocycles. The number of H-pyrrole nitrogens is 2. The van der Waals surface area contributed by atoms with Gasteiger partial charge in [0.05, 0.1) is 45.1 Å². The number of aliphatic hydroxyl groups is 1. The lowest BCUT2D eigenvalue weighted by molar-refractivity contribution is -0.154. The van der Waals surface area contributed by atoms with Crippen LogP contribution in [0.1, 0.15) is 106 Å². The second kappa shape index (κ2) is 30.6. The molecule has 476 valence electrons. The lowest BCUT2D eigenvalue weighted by Gasteiger charge is -2.28. The summed E-state index contributed by atoms with van der Waals surface area (Å²) in [5.41, 5.74) is 7.15. The maximum absolute atomic E-state index is 14.7. The zero-order valence-corrected chi connectivity index (χ0v) is 51.5. The van der Waals surface area contributed by atoms with Crippen molar-refractivity contribution >= 4 is 61.2 Å². The molecule has 25 heteroatoms. The van der Waals surface area contributed by atoms with Crippen molar-refractivity contribution in [2.24, 2.45) is 5.73 Å². The van der Waals surface area contributed by atoms with E-state index in [4.69, 9.17) is 31.9 Å². The van der Waals surface area contributed by atoms with Gasteiger partial charge in [0.2, 0.25) is 0 Å². The first-order chi connectivity index (χ1) is 41.9. The zero-order valence-electron chi connectivity index (χ0n) is 50.7. The van der Waals surface area contributed by atoms with Crippen LogP contribution in [0.15, 0.2) is 144 Å². The van der Waals surface area contributed by atoms with E-state index in [9.17, 15) is 44.7 Å². The molecule has 4 aromatic carbocycles. The number of nitrogens with zero attached hydrogens (tertiary/aromatic N) is 7. The summed E-state index contributed by atoms with van der Waals surface area (Å²) >= 11 is 5.84. The molecule has 0 aliphatic rings. The second-order valence-electron chi connectivity index (χ2n) is 21.7. The number of aromatic nitrogens is 8. The van der Waals surface area contributed by atoms with Gasteiger partial charge in [0.25, 0.3) is 11.1 Å². The van der Waals surface area contributed by atoms with E-state index in [0.717, 1.165) is 50.4 Å². The fourth-order valence-electron chi connectivity index (χ4n) is 9.21. The standard InChI is InChI=1S/C26H21F4N5O2.C19H17F4N3O2.C8H19N.C7H5ClN2.C4H10O/c1-2-19(33-20-10-12-32-23-17(20)9-11-31-23)24-34-21-8-4-7-18(27)22(21)25(36)35(24)15-5-3-6-16(13-15)37-14-26(28,29)30;1-2-14(24)17-25-15-8-4-7-13(20)16(15)18(27)26(17)11-5-3-6-12(9-11)28-10-19(21,22)23;1-6-9(7(2)3)8(4)5;8-6-2-4-10-7-5(6)1-3-9-7;1-4(2,3)5/h3-13,19H,2,14H2,1H3,(H2,31,32,33);3-9,14H,2,10,24H2,1H3;7-8H,6H2,1-5H3;1-4H,(H,9,10);5H,1-3H3/t19-;14-;;;/m00.../s1. The van der Waals surface area contributed by atoms with E-state index in [0.29, 0.717) is 30.6 Å². The number of halogens is 9. The number of rotatable bonds is 15. The van der Waals surface area contributed by atoms with E-state index in [1.54, 1.807) is 64.5 Å². The Balaban J connectivity index is 0.000000210. The van der Waals surface area contributed by atoms with Crippen molar-refractivity contribution in [2.45, 2.75) is 124 Å². The molecule has 10 aromatic rings. The number of nitrogens with two attached hydrogens (primary N) is 1. The van der Waals surface area contributed by atoms with Crippen LogP contribution in [-0.4, -0.2) is 98.8 Å². The highest BCUT2D eigenvalue weighted by Gasteiger charge is 2.30. The Labute approximate surface area is 513 Å². The Morgan fingerprint density at radius 3 is 1.51 bits per heavy atom. The first-order valence-electron chi connectivity index (χ1n) is 28.5. The fraction of sp³-hybridized carbons (Fsp3) is 0.344. The van der Waals surface area contributed by atoms with Crippen molar-refractivity contribution in [1.29, 1.82) is 0 Å². The first-order valence-corrected chi connectivity index (χ1v) is 28.8. The lowest BCUT2D eigenvalue weighted by Crippen LogP contribution is -2.36. The van der Waals surface area contributed by atoms with Crippen LogP contribution < -0.4 is 31.6 Å². The molecule has 0 aliphatic carbocycles. The summed E-state index contributed by atoms with van der Waals surface area (Å²) in [5, 5.41) is 14.0. The molecule has 0 radical (unpaired) electrons. The fourth-order valence-corrected chi connectivity index (χ4v) is 9.42. The molecule has 0 amide bonds. The summed E-state index contributed by atoms with van der Waals surface area (Å²) < 4.78 is 116. The molecule has 0 fully saturated rings. The minimum Gasteiger partial charge on any atom is -0.484 e. The number of hydrogen-bond acceptors (Lipinski definition) is 12. The summed E-state index contributed by atoms with van der Waals surface area (Å²) in [6, 6.07) is 26.9. The van der Waals surface area contributed by atoms with Gasteiger partial charge in [-0.1, -0.05) is 56.6 Å². The predicted octanol–water partition coefficient (Wildman–Crippen LogP) is 14.9. The number of nitrogens with one attached hydrogen (secondary N) is 3. The van der Waals surface area contributed by atoms with Gasteiger partial charge in [-0.15, -0.1) is 0 Å². The molecule has 6 heterocycles. The average molecular weight is 1260 g/mol. The van der Waals surface area contributed by atoms with Crippen molar-refractivity contribution in [1.82, 2.24) is 43.9 Å². The Morgan fingerprint density at radius 1 is 0.640 bits per heavy atom. The van der Waals surface area contributed by atoms with Gasteiger partial charge in [-0.2, -0.15) is 26.3 Å². The maximum Gasteiger partial charge on any atom is 0.422 e. The minimum atomic E-state index is -4.53. The SMILES string of the molecule is CC(C)(C)O.CCN(C(C)C)C(C)C.CC[C@H](N)c1nc2cccc(F)c2c(=O)n1-c1cccc(OCC(F)(F)F)c1.CC[C@H](Nc1ccnc2[nH]ccc12)c1nc2cccc(F)c2c(=O)n1-c1cccc(OCC(F)(F)F)c1.Clc1ccnc2[nH]ccc12. The number of pyridine rings is 2. The van der Waals surface area contributed by atoms with Crippen LogP contribution in [0.4, 0.5) is 40.8 Å². The monoisotopic (exact) mass is 1260 g/mol. The molecule has 10 rings (SSSR count). The highest BCUT2D eigenvalue weighted by molar-refractivity contribution is 6.35. The van der Waals surface area contributed by atoms with Crippen LogP contribution in [0.3, 0.4) is 0 Å². The third kappa shape index (κ3) is 19.3. The number of anilines is 1. The van der Waals surface area contributed by atoms with Gasteiger partial charge in [-0.25, -0.2) is 28.7 Å². The zero-order chi connectivity index (χ0) is 65.5. The quantitative estimate of drug-likeness (QED) is 0.0608. The largest absolute Gasteiger partial charge is 0.484 e. The second-order valence-corrected chi connectivity index (χ2v) is 22.1. The average Bonchev–Trinajstić information content (AvgIpc) is 1.77. The number of benzene rings is 4. The van der Waals surface area contributed by atoms with Gasteiger partial charge in [-0.3, -0.25) is 23.6 Å². The van der Waals surface area contributed by atoms with Crippen LogP contribution >= 0.6 is 11.6 Å². The van der Waals surface area contributed by atoms with Crippen LogP contribution in [0.2, 0.25) is 5.02 Å². The molecule has 0 spiro atoms. The molecular weight excluding hydrogens is 1190 g/mol. The molecule has 0 saturated carbocycles. The van der Waals surface area contributed by atoms with Crippen LogP contribution in [0.25, 0.3) is 55.2 Å². The third-order valence-electron chi connectivity index (χ3n) is 13.1. The van der Waals surface area contributed by atoms with Gasteiger partial charge in [-0.05, 0) is 141 Å². The molecule has 6 N–H and O–H groups in total. The van der Waals surface area contributed by atoms with Gasteiger partial charge in [0.1, 0.15) is 56.8 Å². The molecule has 0 bridgehead atoms. The van der Waals surface area contributed by atoms with Crippen LogP contribution in [0, 0.1) is 11.6 Å². The van der Waals surface area contributed by atoms with Gasteiger partial charge >= 0.3 is 12.4 Å². The molecule has 6 aromatic heterocycles. The lowest BCUT2D eigenvalue weighted by atomic mass is 10.1. The van der Waals surface area contributed by atoms with E-state index in [1.165, 1.54) is 71.3 Å². The molecule has 0 saturated heterocycles. The van der Waals surface area contributed by atoms with Crippen molar-refractivity contribution < 1.29 is 49.7 Å². The van der Waals surface area contributed by atoms with E-state index in [-0.39, 0.29) is 56.3 Å². The van der Waals surface area contributed by atoms with Crippen LogP contribution in [-0.2, 0) is 0 Å². The predicted molar refractivity (Wildman–Crippen MR) is 333 cm³/mol. The minimum absolute atomic E-state index is 0.0913. The topological polar surface area (TPSA) is 207 Å². The van der Waals surface area contributed by atoms with Crippen molar-refractivity contribution in [3.63, 3.8) is 0 Å². The Kier molecular flexibility index (Phi) is 24.0. The Morgan fingerprint density at radius 2 is 1.08 bits per heavy atom. The van der Waals surface area contributed by atoms with Gasteiger partial charge in [0, 0.05) is 65.5 Å². The van der Waals surface area contributed by atoms with E-state index < -0.39 is 66.0 Å². The summed E-state index contributed by atoms with van der Waals surface area (Å²) in [7, 11) is 0.